The van der Waals surface area contributed by atoms with E-state index in [4.69, 9.17) is 23.2 Å². The van der Waals surface area contributed by atoms with E-state index in [0.717, 1.165) is 57.9 Å². The van der Waals surface area contributed by atoms with Gasteiger partial charge in [0, 0.05) is 11.1 Å². The normalized spacial score (nSPS) is 24.8. The number of aromatic amines is 2. The van der Waals surface area contributed by atoms with Gasteiger partial charge in [0.2, 0.25) is 0 Å². The number of benzene rings is 2. The van der Waals surface area contributed by atoms with Crippen LogP contribution in [0, 0.1) is 5.92 Å². The molecule has 6 nitrogen and oxygen atoms in total. The van der Waals surface area contributed by atoms with E-state index in [1.165, 1.54) is 6.04 Å². The van der Waals surface area contributed by atoms with Crippen LogP contribution in [0.25, 0.3) is 33.6 Å². The van der Waals surface area contributed by atoms with Crippen molar-refractivity contribution in [2.75, 3.05) is 6.17 Å². The molecule has 10 heteroatoms. The third kappa shape index (κ3) is 5.23. The molecule has 0 unspecified atom stereocenters. The number of nitrogens with one attached hydrogen (secondary N) is 4. The molecule has 4 aromatic rings. The Kier molecular flexibility index (Phi) is 7.24. The van der Waals surface area contributed by atoms with E-state index < -0.39 is 8.07 Å². The van der Waals surface area contributed by atoms with Crippen molar-refractivity contribution >= 4 is 53.9 Å². The fourth-order valence-electron chi connectivity index (χ4n) is 5.51. The third-order valence-corrected chi connectivity index (χ3v) is 12.6. The standard InChI is InChI=1S/C28H31Cl2IN6Si/c1-15-12-20(33-26(15)31)27-34-22(24(29)36-27)18-8-4-16(5-9-18)17-6-10-19(11-7-17)23-25(30)37-28(35-23)21-13-38(2,3)14-32-21/h4-11,15,20-21,26,32-33H,12-14H2,1-3H3,(H,34,36)(H,35,37)/t15-,20+,21+,26+/m1/s1. The second kappa shape index (κ2) is 10.4. The Morgan fingerprint density at radius 1 is 0.789 bits per heavy atom. The van der Waals surface area contributed by atoms with Crippen molar-refractivity contribution < 1.29 is 0 Å². The summed E-state index contributed by atoms with van der Waals surface area (Å²) in [6, 6.07) is 18.5. The minimum atomic E-state index is -1.19. The number of H-pyrrole nitrogens is 2. The van der Waals surface area contributed by atoms with Crippen LogP contribution in [0.1, 0.15) is 37.1 Å². The summed E-state index contributed by atoms with van der Waals surface area (Å²) in [4.78, 5) is 16.2. The Labute approximate surface area is 247 Å². The van der Waals surface area contributed by atoms with Crippen LogP contribution in [0.5, 0.6) is 0 Å². The van der Waals surface area contributed by atoms with Gasteiger partial charge in [0.25, 0.3) is 0 Å². The Hall–Kier alpha value is -1.69. The number of imidazole rings is 2. The summed E-state index contributed by atoms with van der Waals surface area (Å²) in [5.41, 5.74) is 6.06. The molecule has 0 bridgehead atoms. The SMILES string of the molecule is C[C@@H]1C[C@@H](c2nc(Cl)c(-c3ccc(-c4ccc(-c5[nH]c([C@@H]6C[Si](C)(C)CN6)nc5Cl)cc4)cc3)[nH]2)N[C@@H]1I. The molecule has 2 aliphatic heterocycles. The monoisotopic (exact) mass is 676 g/mol. The summed E-state index contributed by atoms with van der Waals surface area (Å²) in [6.45, 7) is 7.08. The quantitative estimate of drug-likeness (QED) is 0.0754. The number of alkyl halides is 1. The average molecular weight is 677 g/mol. The van der Waals surface area contributed by atoms with Gasteiger partial charge in [0.05, 0.1) is 35.6 Å². The Morgan fingerprint density at radius 3 is 1.68 bits per heavy atom. The summed E-state index contributed by atoms with van der Waals surface area (Å²) in [7, 11) is -1.19. The summed E-state index contributed by atoms with van der Waals surface area (Å²) in [5, 5.41) is 8.25. The Balaban J connectivity index is 1.18. The van der Waals surface area contributed by atoms with Gasteiger partial charge in [0.15, 0.2) is 10.3 Å². The number of hydrogen-bond acceptors (Lipinski definition) is 4. The molecule has 2 aromatic carbocycles. The van der Waals surface area contributed by atoms with E-state index in [1.807, 2.05) is 0 Å². The van der Waals surface area contributed by atoms with Gasteiger partial charge >= 0.3 is 0 Å². The number of nitrogens with zero attached hydrogens (tertiary/aromatic N) is 2. The lowest BCUT2D eigenvalue weighted by Crippen LogP contribution is -2.28. The highest BCUT2D eigenvalue weighted by Crippen LogP contribution is 2.37. The van der Waals surface area contributed by atoms with E-state index in [-0.39, 0.29) is 12.1 Å². The van der Waals surface area contributed by atoms with Gasteiger partial charge < -0.3 is 15.3 Å². The molecule has 0 radical (unpaired) electrons. The summed E-state index contributed by atoms with van der Waals surface area (Å²) in [6.07, 6.45) is 2.16. The largest absolute Gasteiger partial charge is 0.339 e. The van der Waals surface area contributed by atoms with Gasteiger partial charge in [-0.25, -0.2) is 9.97 Å². The molecule has 38 heavy (non-hydrogen) atoms. The molecule has 2 aromatic heterocycles. The second-order valence-electron chi connectivity index (χ2n) is 11.4. The molecule has 4 heterocycles. The van der Waals surface area contributed by atoms with E-state index in [1.54, 1.807) is 0 Å². The number of aromatic nitrogens is 4. The smallest absolute Gasteiger partial charge is 0.155 e. The van der Waals surface area contributed by atoms with Gasteiger partial charge in [-0.1, -0.05) is 114 Å². The predicted octanol–water partition coefficient (Wildman–Crippen LogP) is 7.76. The highest BCUT2D eigenvalue weighted by molar-refractivity contribution is 14.1. The molecule has 6 rings (SSSR count). The number of halogens is 3. The van der Waals surface area contributed by atoms with Gasteiger partial charge in [-0.3, -0.25) is 5.32 Å². The minimum Gasteiger partial charge on any atom is -0.339 e. The Morgan fingerprint density at radius 2 is 1.26 bits per heavy atom. The summed E-state index contributed by atoms with van der Waals surface area (Å²) < 4.78 is 0.445. The van der Waals surface area contributed by atoms with Gasteiger partial charge in [-0.2, -0.15) is 0 Å². The van der Waals surface area contributed by atoms with Crippen LogP contribution in [-0.4, -0.2) is 38.2 Å². The second-order valence-corrected chi connectivity index (χ2v) is 18.5. The van der Waals surface area contributed by atoms with Crippen molar-refractivity contribution in [2.24, 2.45) is 5.92 Å². The first-order valence-electron chi connectivity index (χ1n) is 13.0. The van der Waals surface area contributed by atoms with Gasteiger partial charge in [-0.15, -0.1) is 0 Å². The molecule has 198 valence electrons. The molecule has 4 N–H and O–H groups in total. The topological polar surface area (TPSA) is 81.4 Å². The third-order valence-electron chi connectivity index (χ3n) is 7.75. The highest BCUT2D eigenvalue weighted by Gasteiger charge is 2.35. The van der Waals surface area contributed by atoms with Gasteiger partial charge in [0.1, 0.15) is 11.6 Å². The minimum absolute atomic E-state index is 0.207. The number of hydrogen-bond donors (Lipinski definition) is 4. The maximum Gasteiger partial charge on any atom is 0.155 e. The molecule has 2 fully saturated rings. The Bertz CT molecular complexity index is 1350. The van der Waals surface area contributed by atoms with E-state index in [2.05, 4.69) is 122 Å². The zero-order valence-electron chi connectivity index (χ0n) is 21.6. The van der Waals surface area contributed by atoms with Crippen LogP contribution in [0.4, 0.5) is 0 Å². The highest BCUT2D eigenvalue weighted by atomic mass is 127. The fraction of sp³-hybridized carbons (Fsp3) is 0.357. The molecule has 0 aliphatic carbocycles. The lowest BCUT2D eigenvalue weighted by Gasteiger charge is -2.11. The molecule has 0 amide bonds. The zero-order valence-corrected chi connectivity index (χ0v) is 26.2. The van der Waals surface area contributed by atoms with Crippen molar-refractivity contribution in [3.63, 3.8) is 0 Å². The summed E-state index contributed by atoms with van der Waals surface area (Å²) >= 11 is 15.5. The van der Waals surface area contributed by atoms with Crippen LogP contribution in [0.2, 0.25) is 29.4 Å². The van der Waals surface area contributed by atoms with Gasteiger partial charge in [-0.05, 0) is 35.7 Å². The van der Waals surface area contributed by atoms with Crippen LogP contribution in [0.3, 0.4) is 0 Å². The van der Waals surface area contributed by atoms with Crippen molar-refractivity contribution in [1.82, 2.24) is 30.6 Å². The molecular weight excluding hydrogens is 646 g/mol. The summed E-state index contributed by atoms with van der Waals surface area (Å²) in [5.74, 6) is 2.45. The first-order chi connectivity index (χ1) is 18.2. The predicted molar refractivity (Wildman–Crippen MR) is 168 cm³/mol. The maximum atomic E-state index is 6.55. The van der Waals surface area contributed by atoms with E-state index in [9.17, 15) is 0 Å². The number of rotatable bonds is 5. The maximum absolute atomic E-state index is 6.55. The van der Waals surface area contributed by atoms with Crippen LogP contribution in [0.15, 0.2) is 48.5 Å². The molecule has 2 aliphatic rings. The van der Waals surface area contributed by atoms with Crippen LogP contribution < -0.4 is 10.6 Å². The van der Waals surface area contributed by atoms with Crippen LogP contribution >= 0.6 is 45.8 Å². The molecule has 0 saturated carbocycles. The first-order valence-corrected chi connectivity index (χ1v) is 18.4. The van der Waals surface area contributed by atoms with E-state index >= 15 is 0 Å². The fourth-order valence-corrected chi connectivity index (χ4v) is 9.11. The lowest BCUT2D eigenvalue weighted by atomic mass is 10.0. The molecule has 4 atom stereocenters. The van der Waals surface area contributed by atoms with Crippen molar-refractivity contribution in [3.8, 4) is 33.6 Å². The van der Waals surface area contributed by atoms with Crippen molar-refractivity contribution in [2.45, 2.75) is 48.6 Å². The van der Waals surface area contributed by atoms with Crippen LogP contribution in [-0.2, 0) is 0 Å². The molecule has 2 saturated heterocycles. The van der Waals surface area contributed by atoms with E-state index in [0.29, 0.717) is 20.3 Å². The molecule has 0 spiro atoms. The average Bonchev–Trinajstić information content (AvgIpc) is 3.66. The first kappa shape index (κ1) is 26.5. The molecular formula is C28H31Cl2IN6Si. The van der Waals surface area contributed by atoms with Crippen molar-refractivity contribution in [1.29, 1.82) is 0 Å². The van der Waals surface area contributed by atoms with Crippen molar-refractivity contribution in [3.05, 3.63) is 70.5 Å². The zero-order chi connectivity index (χ0) is 26.6. The lowest BCUT2D eigenvalue weighted by molar-refractivity contribution is 0.588.